The molecule has 6 aromatic rings. The number of benzene rings is 6. The van der Waals surface area contributed by atoms with E-state index in [1.54, 1.807) is 0 Å². The molecule has 0 N–H and O–H groups in total. The molecule has 7 heteroatoms. The van der Waals surface area contributed by atoms with Gasteiger partial charge in [-0.05, 0) is 0 Å². The maximum atomic E-state index is 7.73. The van der Waals surface area contributed by atoms with E-state index in [2.05, 4.69) is 208 Å². The fraction of sp³-hybridized carbons (Fsp3) is 0.100. The third-order valence-corrected chi connectivity index (χ3v) is 38.4. The van der Waals surface area contributed by atoms with Crippen molar-refractivity contribution in [2.75, 3.05) is 0 Å². The van der Waals surface area contributed by atoms with Crippen molar-refractivity contribution >= 4 is 70.7 Å². The summed E-state index contributed by atoms with van der Waals surface area (Å²) in [6.07, 6.45) is 0. The molecule has 0 saturated heterocycles. The van der Waals surface area contributed by atoms with E-state index in [4.69, 9.17) is 11.0 Å². The number of hydrogen-bond donors (Lipinski definition) is 0. The second kappa shape index (κ2) is 14.5. The van der Waals surface area contributed by atoms with Crippen LogP contribution in [0.3, 0.4) is 0 Å². The standard InChI is InChI=1S/C40H42Ge2O3Si2/c1-46(2,43-41(35-23-11-5-12-24-35,36-25-13-6-14-26-36)37-27-15-7-16-28-37)45-47(3,4)44-42(38-29-17-8-18-30-38,39-31-19-9-20-32-39)40-33-21-10-22-34-40/h5-34H,1-4H3. The summed E-state index contributed by atoms with van der Waals surface area (Å²) in [5.41, 5.74) is 0. The van der Waals surface area contributed by atoms with Gasteiger partial charge in [-0.1, -0.05) is 0 Å². The number of rotatable bonds is 12. The molecule has 0 aliphatic rings. The molecule has 0 unspecified atom stereocenters. The van der Waals surface area contributed by atoms with E-state index in [-0.39, 0.29) is 0 Å². The van der Waals surface area contributed by atoms with Crippen LogP contribution in [0.1, 0.15) is 0 Å². The van der Waals surface area contributed by atoms with E-state index in [9.17, 15) is 0 Å². The molecule has 0 aliphatic heterocycles. The van der Waals surface area contributed by atoms with Crippen molar-refractivity contribution in [2.24, 2.45) is 0 Å². The van der Waals surface area contributed by atoms with Crippen LogP contribution >= 0.6 is 0 Å². The second-order valence-electron chi connectivity index (χ2n) is 12.7. The first-order chi connectivity index (χ1) is 22.8. The number of hydrogen-bond acceptors (Lipinski definition) is 3. The fourth-order valence-corrected chi connectivity index (χ4v) is 41.8. The molecule has 0 aliphatic carbocycles. The van der Waals surface area contributed by atoms with Gasteiger partial charge >= 0.3 is 290 Å². The third-order valence-electron chi connectivity index (χ3n) is 8.37. The van der Waals surface area contributed by atoms with Gasteiger partial charge in [-0.2, -0.15) is 0 Å². The van der Waals surface area contributed by atoms with Gasteiger partial charge in [0.05, 0.1) is 0 Å². The molecule has 0 bridgehead atoms. The zero-order chi connectivity index (χ0) is 32.8. The van der Waals surface area contributed by atoms with Gasteiger partial charge in [0.2, 0.25) is 0 Å². The Kier molecular flexibility index (Phi) is 10.3. The normalized spacial score (nSPS) is 12.5. The summed E-state index contributed by atoms with van der Waals surface area (Å²) in [5, 5.41) is 0. The minimum atomic E-state index is -3.73. The van der Waals surface area contributed by atoms with Gasteiger partial charge in [0.1, 0.15) is 0 Å². The van der Waals surface area contributed by atoms with E-state index >= 15 is 0 Å². The molecule has 47 heavy (non-hydrogen) atoms. The van der Waals surface area contributed by atoms with Gasteiger partial charge in [-0.15, -0.1) is 0 Å². The molecule has 3 nitrogen and oxygen atoms in total. The summed E-state index contributed by atoms with van der Waals surface area (Å²) in [7, 11) is -5.75. The van der Waals surface area contributed by atoms with Gasteiger partial charge in [0.15, 0.2) is 0 Å². The van der Waals surface area contributed by atoms with Gasteiger partial charge in [-0.25, -0.2) is 0 Å². The molecular weight excluding hydrogens is 730 g/mol. The predicted molar refractivity (Wildman–Crippen MR) is 206 cm³/mol. The van der Waals surface area contributed by atoms with Crippen LogP contribution in [-0.4, -0.2) is 44.3 Å². The third kappa shape index (κ3) is 7.27. The fourth-order valence-electron chi connectivity index (χ4n) is 6.76. The van der Waals surface area contributed by atoms with Crippen molar-refractivity contribution in [3.63, 3.8) is 0 Å². The first-order valence-corrected chi connectivity index (χ1v) is 29.8. The zero-order valence-corrected chi connectivity index (χ0v) is 33.7. The van der Waals surface area contributed by atoms with Crippen LogP contribution in [0.5, 0.6) is 0 Å². The maximum absolute atomic E-state index is 7.73. The molecule has 0 atom stereocenters. The molecule has 0 heterocycles. The average molecular weight is 772 g/mol. The summed E-state index contributed by atoms with van der Waals surface area (Å²) in [6.45, 7) is 8.84. The van der Waals surface area contributed by atoms with E-state index in [1.165, 1.54) is 26.4 Å². The summed E-state index contributed by atoms with van der Waals surface area (Å²) in [5.74, 6) is 0. The van der Waals surface area contributed by atoms with E-state index in [0.29, 0.717) is 0 Å². The summed E-state index contributed by atoms with van der Waals surface area (Å²) in [4.78, 5) is 0. The van der Waals surface area contributed by atoms with Crippen molar-refractivity contribution in [1.29, 1.82) is 0 Å². The van der Waals surface area contributed by atoms with Gasteiger partial charge < -0.3 is 0 Å². The Labute approximate surface area is 288 Å². The van der Waals surface area contributed by atoms with Gasteiger partial charge in [-0.3, -0.25) is 0 Å². The Hall–Kier alpha value is -3.28. The molecule has 0 amide bonds. The Morgan fingerprint density at radius 1 is 0.298 bits per heavy atom. The Bertz CT molecular complexity index is 1510. The van der Waals surface area contributed by atoms with Crippen molar-refractivity contribution < 1.29 is 11.0 Å². The monoisotopic (exact) mass is 774 g/mol. The van der Waals surface area contributed by atoms with Crippen LogP contribution in [0.2, 0.25) is 26.2 Å². The molecule has 0 radical (unpaired) electrons. The average Bonchev–Trinajstić information content (AvgIpc) is 3.11. The van der Waals surface area contributed by atoms with Crippen LogP contribution in [0.25, 0.3) is 0 Å². The minimum absolute atomic E-state index is 1.25. The molecule has 0 aromatic heterocycles. The Morgan fingerprint density at radius 3 is 0.638 bits per heavy atom. The van der Waals surface area contributed by atoms with E-state index in [1.807, 2.05) is 0 Å². The van der Waals surface area contributed by atoms with Crippen molar-refractivity contribution in [3.8, 4) is 0 Å². The van der Waals surface area contributed by atoms with Crippen molar-refractivity contribution in [3.05, 3.63) is 182 Å². The first kappa shape index (κ1) is 33.6. The van der Waals surface area contributed by atoms with Crippen LogP contribution in [0.15, 0.2) is 182 Å². The Balaban J connectivity index is 1.46. The predicted octanol–water partition coefficient (Wildman–Crippen LogP) is 5.77. The Morgan fingerprint density at radius 2 is 0.468 bits per heavy atom. The molecule has 6 rings (SSSR count). The second-order valence-corrected chi connectivity index (χ2v) is 35.0. The van der Waals surface area contributed by atoms with E-state index < -0.39 is 44.3 Å². The molecule has 0 saturated carbocycles. The van der Waals surface area contributed by atoms with Crippen LogP contribution < -0.4 is 26.4 Å². The topological polar surface area (TPSA) is 27.7 Å². The summed E-state index contributed by atoms with van der Waals surface area (Å²) < 4.78 is 30.4. The molecule has 6 aromatic carbocycles. The SMILES string of the molecule is C[Si](C)(O[Si](C)(C)[O][Ge]([c]1ccccc1)([c]1ccccc1)[c]1ccccc1)[O][Ge]([c]1ccccc1)([c]1ccccc1)[c]1ccccc1. The van der Waals surface area contributed by atoms with Gasteiger partial charge in [0, 0.05) is 0 Å². The zero-order valence-electron chi connectivity index (χ0n) is 27.5. The summed E-state index contributed by atoms with van der Waals surface area (Å²) in [6, 6.07) is 64.9. The van der Waals surface area contributed by atoms with Crippen LogP contribution in [0, 0.1) is 0 Å². The summed E-state index contributed by atoms with van der Waals surface area (Å²) >= 11 is -7.46. The molecule has 0 spiro atoms. The quantitative estimate of drug-likeness (QED) is 0.148. The van der Waals surface area contributed by atoms with Gasteiger partial charge in [0.25, 0.3) is 0 Å². The van der Waals surface area contributed by atoms with Crippen LogP contribution in [-0.2, 0) is 11.0 Å². The van der Waals surface area contributed by atoms with Crippen molar-refractivity contribution in [1.82, 2.24) is 0 Å². The molecule has 0 fully saturated rings. The van der Waals surface area contributed by atoms with E-state index in [0.717, 1.165) is 0 Å². The first-order valence-electron chi connectivity index (χ1n) is 16.2. The van der Waals surface area contributed by atoms with Crippen LogP contribution in [0.4, 0.5) is 0 Å². The van der Waals surface area contributed by atoms with Crippen molar-refractivity contribution in [2.45, 2.75) is 26.2 Å². The molecule has 236 valence electrons. The molecular formula is C40H42Ge2O3Si2.